The molecule has 0 spiro atoms. The molecule has 0 aliphatic heterocycles. The number of nitriles is 2. The zero-order valence-corrected chi connectivity index (χ0v) is 3.45. The molecule has 0 aliphatic rings. The molecule has 0 aromatic rings. The average Bonchev–Trinajstić information content (AvgIpc) is 1.37. The molecule has 22 valence electrons. The molecule has 0 saturated carbocycles. The molecule has 0 saturated heterocycles. The van der Waals surface area contributed by atoms with Crippen molar-refractivity contribution in [2.24, 2.45) is 0 Å². The Labute approximate surface area is 40.5 Å². The van der Waals surface area contributed by atoms with Gasteiger partial charge in [0.15, 0.2) is 12.1 Å². The summed E-state index contributed by atoms with van der Waals surface area (Å²) in [6.45, 7) is 0. The van der Waals surface area contributed by atoms with Gasteiger partial charge in [-0.05, 0) is 0 Å². The first kappa shape index (κ1) is 8.82. The summed E-state index contributed by atoms with van der Waals surface area (Å²) in [4.78, 5) is 0. The van der Waals surface area contributed by atoms with Crippen LogP contribution in [0, 0.1) is 22.7 Å². The quantitative estimate of drug-likeness (QED) is 0.410. The van der Waals surface area contributed by atoms with Crippen molar-refractivity contribution in [3.05, 3.63) is 0 Å². The van der Waals surface area contributed by atoms with Crippen LogP contribution in [0.15, 0.2) is 0 Å². The van der Waals surface area contributed by atoms with Gasteiger partial charge in [0.1, 0.15) is 0 Å². The predicted molar refractivity (Wildman–Crippen MR) is 11.2 cm³/mol. The normalized spacial score (nSPS) is 2.00. The van der Waals surface area contributed by atoms with Gasteiger partial charge >= 0.3 is 17.1 Å². The van der Waals surface area contributed by atoms with Crippen LogP contribution in [0.25, 0.3) is 0 Å². The Hall–Kier alpha value is -0.501. The van der Waals surface area contributed by atoms with Gasteiger partial charge in [-0.25, -0.2) is 0 Å². The van der Waals surface area contributed by atoms with Crippen molar-refractivity contribution < 1.29 is 17.1 Å². The van der Waals surface area contributed by atoms with E-state index in [2.05, 4.69) is 0 Å². The summed E-state index contributed by atoms with van der Waals surface area (Å²) >= 11 is 0. The van der Waals surface area contributed by atoms with E-state index in [1.807, 2.05) is 0 Å². The minimum atomic E-state index is 0. The summed E-state index contributed by atoms with van der Waals surface area (Å²) in [5.74, 6) is 0. The molecule has 0 amide bonds. The first-order valence-corrected chi connectivity index (χ1v) is 0.697. The molecule has 2 nitrogen and oxygen atoms in total. The van der Waals surface area contributed by atoms with Crippen LogP contribution in [0.3, 0.4) is 0 Å². The molecule has 3 heteroatoms. The van der Waals surface area contributed by atoms with E-state index in [0.29, 0.717) is 0 Å². The van der Waals surface area contributed by atoms with Gasteiger partial charge in [-0.3, -0.25) is 0 Å². The van der Waals surface area contributed by atoms with Gasteiger partial charge in [-0.1, -0.05) is 0 Å². The monoisotopic (exact) mass is 107 g/mol. The summed E-state index contributed by atoms with van der Waals surface area (Å²) in [5.41, 5.74) is 0. The number of nitrogens with zero attached hydrogens (tertiary/aromatic N) is 2. The second-order valence-corrected chi connectivity index (χ2v) is 0.224. The molecular weight excluding hydrogens is 107 g/mol. The summed E-state index contributed by atoms with van der Waals surface area (Å²) in [7, 11) is 0. The van der Waals surface area contributed by atoms with Crippen molar-refractivity contribution in [1.29, 1.82) is 10.5 Å². The van der Waals surface area contributed by atoms with E-state index < -0.39 is 0 Å². The third-order valence-electron chi connectivity index (χ3n) is 0.0500. The fraction of sp³-hybridized carbons (Fsp3) is 0. The fourth-order valence-corrected chi connectivity index (χ4v) is 0. The zero-order valence-electron chi connectivity index (χ0n) is 2.27. The Bertz CT molecular complexity index is 62.6. The van der Waals surface area contributed by atoms with E-state index in [1.54, 1.807) is 0 Å². The number of hydrogen-bond donors (Lipinski definition) is 0. The maximum absolute atomic E-state index is 7.26. The third-order valence-corrected chi connectivity index (χ3v) is 0.0500. The van der Waals surface area contributed by atoms with Gasteiger partial charge in [0.25, 0.3) is 0 Å². The Kier molecular flexibility index (Phi) is 17.2. The van der Waals surface area contributed by atoms with E-state index in [9.17, 15) is 0 Å². The Balaban J connectivity index is 0. The van der Waals surface area contributed by atoms with E-state index in [-0.39, 0.29) is 17.1 Å². The van der Waals surface area contributed by atoms with Crippen LogP contribution >= 0.6 is 0 Å². The average molecular weight is 107 g/mol. The number of rotatable bonds is 0. The molecule has 0 aliphatic carbocycles. The van der Waals surface area contributed by atoms with Crippen LogP contribution in [-0.4, -0.2) is 0 Å². The van der Waals surface area contributed by atoms with Crippen molar-refractivity contribution in [2.75, 3.05) is 0 Å². The molecule has 0 aromatic carbocycles. The molecule has 0 aromatic heterocycles. The van der Waals surface area contributed by atoms with Gasteiger partial charge in [0.2, 0.25) is 0 Å². The minimum Gasteiger partial charge on any atom is -0.181 e. The van der Waals surface area contributed by atoms with Crippen LogP contribution < -0.4 is 0 Å². The largest absolute Gasteiger partial charge is 3.00 e. The summed E-state index contributed by atoms with van der Waals surface area (Å²) < 4.78 is 0. The first-order valence-electron chi connectivity index (χ1n) is 0.697. The first-order chi connectivity index (χ1) is 1.91. The molecule has 0 N–H and O–H groups in total. The van der Waals surface area contributed by atoms with Crippen molar-refractivity contribution >= 4 is 0 Å². The maximum Gasteiger partial charge on any atom is 3.00 e. The van der Waals surface area contributed by atoms with Gasteiger partial charge in [-0.2, -0.15) is 10.5 Å². The van der Waals surface area contributed by atoms with Crippen LogP contribution in [0.2, 0.25) is 0 Å². The summed E-state index contributed by atoms with van der Waals surface area (Å²) in [6, 6.07) is 2.47. The van der Waals surface area contributed by atoms with Crippen molar-refractivity contribution in [1.82, 2.24) is 0 Å². The van der Waals surface area contributed by atoms with Crippen LogP contribution in [0.5, 0.6) is 0 Å². The standard InChI is InChI=1S/C2N2.Mn/c3-1-2-4;/q;+3. The number of hydrogen-bond acceptors (Lipinski definition) is 2. The van der Waals surface area contributed by atoms with Gasteiger partial charge in [0.05, 0.1) is 0 Å². The van der Waals surface area contributed by atoms with E-state index >= 15 is 0 Å². The van der Waals surface area contributed by atoms with Crippen molar-refractivity contribution in [3.63, 3.8) is 0 Å². The molecule has 0 unspecified atom stereocenters. The maximum atomic E-state index is 7.26. The minimum absolute atomic E-state index is 0. The van der Waals surface area contributed by atoms with Crippen LogP contribution in [0.4, 0.5) is 0 Å². The summed E-state index contributed by atoms with van der Waals surface area (Å²) in [6.07, 6.45) is 0. The van der Waals surface area contributed by atoms with Crippen molar-refractivity contribution in [2.45, 2.75) is 0 Å². The third kappa shape index (κ3) is 31.5. The topological polar surface area (TPSA) is 47.6 Å². The second kappa shape index (κ2) is 9.72. The van der Waals surface area contributed by atoms with Gasteiger partial charge < -0.3 is 0 Å². The van der Waals surface area contributed by atoms with E-state index in [1.165, 1.54) is 12.1 Å². The molecule has 0 heterocycles. The Morgan fingerprint density at radius 1 is 1.00 bits per heavy atom. The fourth-order valence-electron chi connectivity index (χ4n) is 0. The predicted octanol–water partition coefficient (Wildman–Crippen LogP) is 0.0311. The molecule has 0 bridgehead atoms. The van der Waals surface area contributed by atoms with Gasteiger partial charge in [0, 0.05) is 0 Å². The molecular formula is C2MnN2+3. The molecule has 5 heavy (non-hydrogen) atoms. The Morgan fingerprint density at radius 3 is 1.20 bits per heavy atom. The van der Waals surface area contributed by atoms with E-state index in [4.69, 9.17) is 10.5 Å². The molecule has 0 atom stereocenters. The summed E-state index contributed by atoms with van der Waals surface area (Å²) in [5, 5.41) is 14.5. The van der Waals surface area contributed by atoms with E-state index in [0.717, 1.165) is 0 Å². The smallest absolute Gasteiger partial charge is 0.181 e. The Morgan fingerprint density at radius 2 is 1.20 bits per heavy atom. The molecule has 0 fully saturated rings. The van der Waals surface area contributed by atoms with Crippen LogP contribution in [0.1, 0.15) is 0 Å². The molecule has 0 radical (unpaired) electrons. The van der Waals surface area contributed by atoms with Crippen LogP contribution in [-0.2, 0) is 17.1 Å². The zero-order chi connectivity index (χ0) is 3.41. The molecule has 0 rings (SSSR count). The second-order valence-electron chi connectivity index (χ2n) is 0.224. The van der Waals surface area contributed by atoms with Crippen molar-refractivity contribution in [3.8, 4) is 12.1 Å². The van der Waals surface area contributed by atoms with Gasteiger partial charge in [-0.15, -0.1) is 0 Å². The SMILES string of the molecule is N#CC#N.[Mn+3].